The number of nitrogen functional groups attached to an aromatic ring is 1. The largest absolute Gasteiger partial charge is 0.459 e. The first-order chi connectivity index (χ1) is 43.6. The minimum atomic E-state index is -1.27. The lowest BCUT2D eigenvalue weighted by Crippen LogP contribution is -2.56. The van der Waals surface area contributed by atoms with Gasteiger partial charge in [-0.1, -0.05) is 30.8 Å². The highest BCUT2D eigenvalue weighted by atomic mass is 32.4. The number of ether oxygens (including phenoxy) is 5. The van der Waals surface area contributed by atoms with E-state index in [1.807, 2.05) is 6.08 Å². The molecule has 35 heteroatoms. The highest BCUT2D eigenvalue weighted by Crippen LogP contribution is 2.65. The zero-order valence-corrected chi connectivity index (χ0v) is 53.9. The van der Waals surface area contributed by atoms with Crippen molar-refractivity contribution in [3.05, 3.63) is 100 Å². The number of nitrogens with one attached hydrogen (secondary N) is 2. The van der Waals surface area contributed by atoms with E-state index in [4.69, 9.17) is 64.3 Å². The summed E-state index contributed by atoms with van der Waals surface area (Å²) in [5.74, 6) is 1.39. The van der Waals surface area contributed by atoms with E-state index in [2.05, 4.69) is 73.8 Å². The van der Waals surface area contributed by atoms with Gasteiger partial charge >= 0.3 is 23.0 Å². The number of carbonyl (C=O) groups excluding carboxylic acids is 3. The topological polar surface area (TPSA) is 404 Å². The number of hydrogen-bond donors (Lipinski definition) is 7. The van der Waals surface area contributed by atoms with Crippen LogP contribution < -0.4 is 28.5 Å². The molecule has 30 nitrogen and oxygen atoms in total. The second kappa shape index (κ2) is 26.7. The summed E-state index contributed by atoms with van der Waals surface area (Å²) in [6, 6.07) is 0. The fourth-order valence-corrected chi connectivity index (χ4v) is 18.7. The van der Waals surface area contributed by atoms with E-state index in [9.17, 15) is 39.0 Å². The number of imidazole rings is 1. The normalized spacial score (nSPS) is 30.5. The summed E-state index contributed by atoms with van der Waals surface area (Å²) < 4.78 is 37.4. The first kappa shape index (κ1) is 65.0. The Labute approximate surface area is 537 Å². The summed E-state index contributed by atoms with van der Waals surface area (Å²) >= 11 is 13.3. The first-order valence-corrected chi connectivity index (χ1v) is 34.9. The van der Waals surface area contributed by atoms with Crippen LogP contribution in [0.15, 0.2) is 67.9 Å². The van der Waals surface area contributed by atoms with Crippen molar-refractivity contribution >= 4 is 98.3 Å². The molecule has 3 aliphatic carbocycles. The van der Waals surface area contributed by atoms with Crippen LogP contribution in [0.4, 0.5) is 5.95 Å². The molecular formula is C56H71N16O14PS4. The number of ketones is 1. The van der Waals surface area contributed by atoms with Crippen LogP contribution in [-0.2, 0) is 64.7 Å². The molecule has 11 aliphatic rings. The molecule has 9 N–H and O–H groups in total. The van der Waals surface area contributed by atoms with Gasteiger partial charge in [0.2, 0.25) is 5.95 Å². The number of nitrogens with zero attached hydrogens (tertiary/aromatic N) is 12. The Hall–Kier alpha value is -6.08. The lowest BCUT2D eigenvalue weighted by molar-refractivity contribution is -0.192. The number of fused-ring (bicyclic) bond motifs is 7. The predicted molar refractivity (Wildman–Crippen MR) is 336 cm³/mol. The minimum absolute atomic E-state index is 0.0250. The summed E-state index contributed by atoms with van der Waals surface area (Å²) in [6.45, 7) is 12.4. The molecule has 0 radical (unpaired) electrons. The van der Waals surface area contributed by atoms with Crippen molar-refractivity contribution in [2.75, 3.05) is 71.4 Å². The number of nitrogens with two attached hydrogens (primary N) is 2. The van der Waals surface area contributed by atoms with Crippen LogP contribution in [0.3, 0.4) is 0 Å². The number of allylic oxidation sites excluding steroid dienone is 4. The number of aromatic nitrogens is 11. The van der Waals surface area contributed by atoms with Crippen molar-refractivity contribution in [2.45, 2.75) is 120 Å². The Balaban J connectivity index is 0.000000109. The maximum Gasteiger partial charge on any atom is 0.336 e. The molecule has 6 aromatic heterocycles. The van der Waals surface area contributed by atoms with Gasteiger partial charge in [-0.2, -0.15) is 0 Å². The van der Waals surface area contributed by atoms with Crippen LogP contribution in [0.25, 0.3) is 21.5 Å². The summed E-state index contributed by atoms with van der Waals surface area (Å²) in [5, 5.41) is 30.0. The molecule has 488 valence electrons. The number of H-pyrrole nitrogens is 2. The number of aliphatic hydroxyl groups excluding tert-OH is 3. The second-order valence-corrected chi connectivity index (χ2v) is 30.5. The third-order valence-electron chi connectivity index (χ3n) is 17.9. The van der Waals surface area contributed by atoms with Gasteiger partial charge in [0.1, 0.15) is 69.4 Å². The molecule has 12 atom stereocenters. The van der Waals surface area contributed by atoms with Crippen LogP contribution in [0.2, 0.25) is 0 Å². The van der Waals surface area contributed by atoms with Crippen LogP contribution in [0, 0.1) is 27.8 Å². The number of anilines is 1. The average Bonchev–Trinajstić information content (AvgIpc) is 1.70. The molecule has 10 fully saturated rings. The van der Waals surface area contributed by atoms with Crippen molar-refractivity contribution in [3.8, 4) is 0 Å². The Morgan fingerprint density at radius 1 is 0.824 bits per heavy atom. The van der Waals surface area contributed by atoms with Crippen molar-refractivity contribution in [1.82, 2.24) is 67.6 Å². The van der Waals surface area contributed by atoms with E-state index in [1.54, 1.807) is 17.8 Å². The minimum Gasteiger partial charge on any atom is -0.459 e. The van der Waals surface area contributed by atoms with Crippen LogP contribution in [-0.4, -0.2) is 208 Å². The van der Waals surface area contributed by atoms with E-state index in [1.165, 1.54) is 74.2 Å². The number of hydrogen-bond acceptors (Lipinski definition) is 25. The number of aromatic amines is 2. The Kier molecular flexibility index (Phi) is 19.1. The number of thiazole rings is 2. The molecule has 8 aliphatic heterocycles. The molecule has 0 aromatic carbocycles. The van der Waals surface area contributed by atoms with Gasteiger partial charge in [-0.15, -0.1) is 22.7 Å². The molecule has 0 unspecified atom stereocenters. The van der Waals surface area contributed by atoms with Crippen molar-refractivity contribution < 1.29 is 53.4 Å². The van der Waals surface area contributed by atoms with Gasteiger partial charge in [0.15, 0.2) is 16.1 Å². The fourth-order valence-electron chi connectivity index (χ4n) is 12.6. The standard InChI is InChI=1S/C19H24O3.C12H15N3O6.C9H12N2O5S.C6H12N3PS.C5H5N5S.C5H3N3S/c1-18-9-7-13(20)11-12(18)3-4-14-15(18)8-10-19(2)16(14)5-6-17(21)22-19;16-10-13(1-7-4-19-7)11(17)15(3-9-6-21-9)12(18)14(10)2-8-5-20-8;10-8(15)3-2-17-9(11-3)7-6(14)5(13)4(1-12)16-7;11-10(7-1-2-7,8-3-4-8)9-5-6-9;6-5-9-3-2(4(11)10-5)7-1-8-3;1-4-5(7-2-6-1)9-3-8-4/h7,9,11,14-16H,3-6,8,10H2,1-2H3;7-9H,1-6H2;2,4-7,12-14H,1H2,(H2,10,15);1-6H2;1H,(H4,6,7,8,9,10,11);1-3H/t14-,15+,16+,18+,19+;7-,8-,9+;4-,5-,6-,7-;;;/m101.../s1. The molecule has 0 spiro atoms. The van der Waals surface area contributed by atoms with Gasteiger partial charge in [0, 0.05) is 62.4 Å². The molecule has 8 saturated heterocycles. The van der Waals surface area contributed by atoms with Crippen molar-refractivity contribution in [2.24, 2.45) is 28.9 Å². The Bertz CT molecular complexity index is 3870. The smallest absolute Gasteiger partial charge is 0.336 e. The number of epoxide rings is 3. The van der Waals surface area contributed by atoms with E-state index in [-0.39, 0.29) is 72.4 Å². The Morgan fingerprint density at radius 3 is 1.98 bits per heavy atom. The van der Waals surface area contributed by atoms with E-state index in [0.29, 0.717) is 64.8 Å². The molecule has 14 heterocycles. The number of aliphatic hydroxyl groups is 3. The van der Waals surface area contributed by atoms with Gasteiger partial charge in [0.05, 0.1) is 82.4 Å². The molecule has 2 saturated carbocycles. The van der Waals surface area contributed by atoms with Gasteiger partial charge in [-0.3, -0.25) is 14.4 Å². The SMILES string of the molecule is C[C@]12C=CC(=O)C=C1CC[C@@H]1[C@@H]2CC[C@]2(C)OC(=O)CC[C@@H]12.NC(=O)c1csc([C@@H]2O[C@H](CO)[C@@H](O)[C@H]2O)n1.Nc1nc(=S)c2[nH]cnc2[nH]1.O=c1n(C[C@H]2CO2)c(=O)n(C[C@@H]2CO2)c(=O)n1C[C@H]1CO1.S=P(N1CC1)(N1CC1)N1CC1.c1ncc2ncsc2n1. The van der Waals surface area contributed by atoms with Crippen molar-refractivity contribution in [1.29, 1.82) is 0 Å². The van der Waals surface area contributed by atoms with E-state index in [0.717, 1.165) is 67.5 Å². The maximum absolute atomic E-state index is 12.4. The average molecular weight is 1350 g/mol. The predicted octanol–water partition coefficient (Wildman–Crippen LogP) is 1.20. The Morgan fingerprint density at radius 2 is 1.44 bits per heavy atom. The highest BCUT2D eigenvalue weighted by Gasteiger charge is 2.57. The monoisotopic (exact) mass is 1350 g/mol. The van der Waals surface area contributed by atoms with Crippen molar-refractivity contribution in [3.63, 3.8) is 0 Å². The van der Waals surface area contributed by atoms with E-state index >= 15 is 0 Å². The number of amides is 1. The second-order valence-electron chi connectivity index (χ2n) is 24.2. The lowest BCUT2D eigenvalue weighted by atomic mass is 9.49. The molecule has 17 rings (SSSR count). The molecule has 6 aromatic rings. The zero-order chi connectivity index (χ0) is 64.1. The summed E-state index contributed by atoms with van der Waals surface area (Å²) in [7, 11) is 0. The number of rotatable bonds is 12. The summed E-state index contributed by atoms with van der Waals surface area (Å²) in [4.78, 5) is 101. The van der Waals surface area contributed by atoms with Crippen LogP contribution >= 0.6 is 41.4 Å². The highest BCUT2D eigenvalue weighted by molar-refractivity contribution is 8.11. The molecular weight excluding hydrogens is 1280 g/mol. The zero-order valence-electron chi connectivity index (χ0n) is 49.8. The summed E-state index contributed by atoms with van der Waals surface area (Å²) in [6.07, 6.45) is 11.8. The lowest BCUT2D eigenvalue weighted by Gasteiger charge is -2.58. The number of esters is 1. The quantitative estimate of drug-likeness (QED) is 0.0392. The number of primary amides is 1. The molecule has 1 amide bonds. The van der Waals surface area contributed by atoms with Crippen LogP contribution in [0.1, 0.15) is 74.0 Å². The number of carbonyl (C=O) groups is 3. The summed E-state index contributed by atoms with van der Waals surface area (Å²) in [5.41, 5.74) is 13.8. The third-order valence-corrected chi connectivity index (χ3v) is 25.4. The molecule has 0 bridgehead atoms. The van der Waals surface area contributed by atoms with Gasteiger partial charge in [0.25, 0.3) is 5.91 Å². The van der Waals surface area contributed by atoms with E-state index < -0.39 is 60.5 Å². The first-order valence-electron chi connectivity index (χ1n) is 30.0. The third kappa shape index (κ3) is 14.5. The van der Waals surface area contributed by atoms with Crippen LogP contribution in [0.5, 0.6) is 0 Å². The maximum atomic E-state index is 12.4. The van der Waals surface area contributed by atoms with Gasteiger partial charge in [-0.25, -0.2) is 72.0 Å². The molecule has 91 heavy (non-hydrogen) atoms. The fraction of sp³-hybridized carbons (Fsp3) is 0.589. The van der Waals surface area contributed by atoms with Gasteiger partial charge in [-0.05, 0) is 74.8 Å². The van der Waals surface area contributed by atoms with Gasteiger partial charge < -0.3 is 60.4 Å².